The van der Waals surface area contributed by atoms with Crippen LogP contribution in [0.1, 0.15) is 19.4 Å². The minimum atomic E-state index is -0.440. The Bertz CT molecular complexity index is 415. The quantitative estimate of drug-likeness (QED) is 0.850. The van der Waals surface area contributed by atoms with Gasteiger partial charge < -0.3 is 14.8 Å². The minimum Gasteiger partial charge on any atom is -0.380 e. The lowest BCUT2D eigenvalue weighted by Crippen LogP contribution is -2.50. The number of benzene rings is 1. The van der Waals surface area contributed by atoms with E-state index >= 15 is 0 Å². The highest BCUT2D eigenvalue weighted by Crippen LogP contribution is 2.25. The molecule has 1 atom stereocenters. The molecule has 1 amide bonds. The summed E-state index contributed by atoms with van der Waals surface area (Å²) in [6.07, 6.45) is -0.440. The lowest BCUT2D eigenvalue weighted by atomic mass is 9.89. The Kier molecular flexibility index (Phi) is 4.56. The molecule has 1 saturated heterocycles. The van der Waals surface area contributed by atoms with Gasteiger partial charge in [-0.15, -0.1) is 0 Å². The Morgan fingerprint density at radius 2 is 2.11 bits per heavy atom. The van der Waals surface area contributed by atoms with Gasteiger partial charge in [-0.25, -0.2) is 0 Å². The zero-order valence-corrected chi connectivity index (χ0v) is 11.5. The summed E-state index contributed by atoms with van der Waals surface area (Å²) in [7, 11) is 0. The molecule has 1 aromatic carbocycles. The molecule has 19 heavy (non-hydrogen) atoms. The molecule has 1 aliphatic heterocycles. The maximum atomic E-state index is 11.9. The van der Waals surface area contributed by atoms with Crippen LogP contribution in [0.15, 0.2) is 30.3 Å². The normalized spacial score (nSPS) is 18.4. The second-order valence-electron chi connectivity index (χ2n) is 5.46. The van der Waals surface area contributed by atoms with Gasteiger partial charge in [0.1, 0.15) is 6.10 Å². The van der Waals surface area contributed by atoms with Crippen molar-refractivity contribution in [1.82, 2.24) is 5.32 Å². The molecule has 0 radical (unpaired) electrons. The van der Waals surface area contributed by atoms with Crippen LogP contribution in [0.25, 0.3) is 0 Å². The largest absolute Gasteiger partial charge is 0.380 e. The first-order valence-corrected chi connectivity index (χ1v) is 6.60. The van der Waals surface area contributed by atoms with Crippen molar-refractivity contribution in [3.63, 3.8) is 0 Å². The maximum Gasteiger partial charge on any atom is 0.248 e. The third-order valence-corrected chi connectivity index (χ3v) is 3.30. The molecule has 0 aliphatic carbocycles. The van der Waals surface area contributed by atoms with Crippen LogP contribution in [0.4, 0.5) is 0 Å². The van der Waals surface area contributed by atoms with Gasteiger partial charge in [0, 0.05) is 12.0 Å². The Morgan fingerprint density at radius 1 is 1.42 bits per heavy atom. The van der Waals surface area contributed by atoms with Gasteiger partial charge >= 0.3 is 0 Å². The van der Waals surface area contributed by atoms with Crippen molar-refractivity contribution in [1.29, 1.82) is 0 Å². The zero-order chi connectivity index (χ0) is 13.7. The van der Waals surface area contributed by atoms with Gasteiger partial charge in [-0.3, -0.25) is 4.79 Å². The molecule has 1 unspecified atom stereocenters. The average molecular weight is 263 g/mol. The molecule has 0 bridgehead atoms. The van der Waals surface area contributed by atoms with Crippen LogP contribution in [0.2, 0.25) is 0 Å². The summed E-state index contributed by atoms with van der Waals surface area (Å²) in [5.41, 5.74) is 1.16. The van der Waals surface area contributed by atoms with Crippen LogP contribution in [-0.4, -0.2) is 31.8 Å². The van der Waals surface area contributed by atoms with Crippen LogP contribution in [0.5, 0.6) is 0 Å². The van der Waals surface area contributed by atoms with E-state index in [9.17, 15) is 4.79 Å². The number of amides is 1. The summed E-state index contributed by atoms with van der Waals surface area (Å²) in [6.45, 7) is 6.41. The highest BCUT2D eigenvalue weighted by Gasteiger charge is 2.33. The van der Waals surface area contributed by atoms with Gasteiger partial charge in [-0.2, -0.15) is 0 Å². The summed E-state index contributed by atoms with van der Waals surface area (Å²) >= 11 is 0. The predicted octanol–water partition coefficient (Wildman–Crippen LogP) is 1.74. The lowest BCUT2D eigenvalue weighted by Gasteiger charge is -2.38. The zero-order valence-electron chi connectivity index (χ0n) is 11.5. The third-order valence-electron chi connectivity index (χ3n) is 3.30. The van der Waals surface area contributed by atoms with Crippen LogP contribution in [0, 0.1) is 5.41 Å². The molecule has 1 heterocycles. The standard InChI is InChI=1S/C15H21NO3/c1-12(19-8-13-6-4-3-5-7-13)14(17)16-9-15(2)10-18-11-15/h3-7,12H,8-11H2,1-2H3,(H,16,17). The molecule has 4 heteroatoms. The third kappa shape index (κ3) is 4.04. The first-order chi connectivity index (χ1) is 9.09. The van der Waals surface area contributed by atoms with Crippen molar-refractivity contribution in [2.45, 2.75) is 26.6 Å². The molecule has 0 saturated carbocycles. The summed E-state index contributed by atoms with van der Waals surface area (Å²) in [5, 5.41) is 2.92. The molecule has 104 valence electrons. The minimum absolute atomic E-state index is 0.0657. The van der Waals surface area contributed by atoms with E-state index in [1.54, 1.807) is 6.92 Å². The fourth-order valence-electron chi connectivity index (χ4n) is 1.87. The summed E-state index contributed by atoms with van der Waals surface area (Å²) in [6, 6.07) is 9.84. The van der Waals surface area contributed by atoms with E-state index in [0.717, 1.165) is 5.56 Å². The molecular formula is C15H21NO3. The number of carbonyl (C=O) groups excluding carboxylic acids is 1. The van der Waals surface area contributed by atoms with Crippen molar-refractivity contribution in [3.8, 4) is 0 Å². The lowest BCUT2D eigenvalue weighted by molar-refractivity contribution is -0.137. The number of hydrogen-bond acceptors (Lipinski definition) is 3. The second-order valence-corrected chi connectivity index (χ2v) is 5.46. The van der Waals surface area contributed by atoms with E-state index in [0.29, 0.717) is 26.4 Å². The molecular weight excluding hydrogens is 242 g/mol. The molecule has 4 nitrogen and oxygen atoms in total. The Morgan fingerprint density at radius 3 is 2.68 bits per heavy atom. The van der Waals surface area contributed by atoms with Gasteiger partial charge in [0.15, 0.2) is 0 Å². The summed E-state index contributed by atoms with van der Waals surface area (Å²) in [5.74, 6) is -0.0657. The predicted molar refractivity (Wildman–Crippen MR) is 72.6 cm³/mol. The molecule has 0 spiro atoms. The Balaban J connectivity index is 1.70. The van der Waals surface area contributed by atoms with Crippen LogP contribution in [0.3, 0.4) is 0 Å². The fourth-order valence-corrected chi connectivity index (χ4v) is 1.87. The first-order valence-electron chi connectivity index (χ1n) is 6.60. The molecule has 1 aliphatic rings. The highest BCUT2D eigenvalue weighted by atomic mass is 16.5. The SMILES string of the molecule is CC(OCc1ccccc1)C(=O)NCC1(C)COC1. The van der Waals surface area contributed by atoms with Crippen LogP contribution < -0.4 is 5.32 Å². The van der Waals surface area contributed by atoms with E-state index < -0.39 is 6.10 Å². The summed E-state index contributed by atoms with van der Waals surface area (Å²) < 4.78 is 10.7. The van der Waals surface area contributed by atoms with E-state index in [1.165, 1.54) is 0 Å². The average Bonchev–Trinajstić information content (AvgIpc) is 2.41. The number of nitrogens with one attached hydrogen (secondary N) is 1. The number of ether oxygens (including phenoxy) is 2. The number of hydrogen-bond donors (Lipinski definition) is 1. The Hall–Kier alpha value is -1.39. The second kappa shape index (κ2) is 6.17. The van der Waals surface area contributed by atoms with Crippen molar-refractivity contribution < 1.29 is 14.3 Å². The van der Waals surface area contributed by atoms with Crippen molar-refractivity contribution in [2.75, 3.05) is 19.8 Å². The highest BCUT2D eigenvalue weighted by molar-refractivity contribution is 5.80. The monoisotopic (exact) mass is 263 g/mol. The van der Waals surface area contributed by atoms with Crippen molar-refractivity contribution in [3.05, 3.63) is 35.9 Å². The molecule has 1 aromatic rings. The number of carbonyl (C=O) groups is 1. The molecule has 0 aromatic heterocycles. The smallest absolute Gasteiger partial charge is 0.248 e. The molecule has 1 fully saturated rings. The van der Waals surface area contributed by atoms with E-state index in [4.69, 9.17) is 9.47 Å². The van der Waals surface area contributed by atoms with Gasteiger partial charge in [-0.05, 0) is 12.5 Å². The van der Waals surface area contributed by atoms with Gasteiger partial charge in [0.05, 0.1) is 19.8 Å². The van der Waals surface area contributed by atoms with Gasteiger partial charge in [-0.1, -0.05) is 37.3 Å². The van der Waals surface area contributed by atoms with Crippen molar-refractivity contribution >= 4 is 5.91 Å². The molecule has 1 N–H and O–H groups in total. The first kappa shape index (κ1) is 14.0. The number of rotatable bonds is 6. The topological polar surface area (TPSA) is 47.6 Å². The van der Waals surface area contributed by atoms with E-state index in [2.05, 4.69) is 12.2 Å². The van der Waals surface area contributed by atoms with Gasteiger partial charge in [0.25, 0.3) is 0 Å². The van der Waals surface area contributed by atoms with Crippen molar-refractivity contribution in [2.24, 2.45) is 5.41 Å². The van der Waals surface area contributed by atoms with E-state index in [1.807, 2.05) is 30.3 Å². The van der Waals surface area contributed by atoms with Crippen LogP contribution in [-0.2, 0) is 20.9 Å². The fraction of sp³-hybridized carbons (Fsp3) is 0.533. The van der Waals surface area contributed by atoms with Crippen LogP contribution >= 0.6 is 0 Å². The van der Waals surface area contributed by atoms with E-state index in [-0.39, 0.29) is 11.3 Å². The van der Waals surface area contributed by atoms with Gasteiger partial charge in [0.2, 0.25) is 5.91 Å². The summed E-state index contributed by atoms with van der Waals surface area (Å²) in [4.78, 5) is 11.9. The maximum absolute atomic E-state index is 11.9. The molecule has 2 rings (SSSR count). The Labute approximate surface area is 114 Å².